The molecular weight excluding hydrogens is 342 g/mol. The van der Waals surface area contributed by atoms with Gasteiger partial charge in [0.15, 0.2) is 5.76 Å². The summed E-state index contributed by atoms with van der Waals surface area (Å²) in [5, 5.41) is 12.2. The van der Waals surface area contributed by atoms with Gasteiger partial charge in [-0.05, 0) is 54.7 Å². The first-order valence-corrected chi connectivity index (χ1v) is 10.2. The van der Waals surface area contributed by atoms with E-state index in [1.807, 2.05) is 30.3 Å². The molecule has 5 heteroatoms. The largest absolute Gasteiger partial charge is 0.459 e. The van der Waals surface area contributed by atoms with Crippen molar-refractivity contribution < 1.29 is 19.4 Å². The summed E-state index contributed by atoms with van der Waals surface area (Å²) >= 11 is 0. The van der Waals surface area contributed by atoms with Crippen LogP contribution in [0.4, 0.5) is 0 Å². The number of aliphatic hydroxyl groups excluding tert-OH is 1. The van der Waals surface area contributed by atoms with E-state index in [4.69, 9.17) is 14.6 Å². The van der Waals surface area contributed by atoms with Gasteiger partial charge in [-0.15, -0.1) is 0 Å². The lowest BCUT2D eigenvalue weighted by Crippen LogP contribution is -2.35. The number of carbonyl (C=O) groups excluding carboxylic acids is 1. The normalized spacial score (nSPS) is 25.7. The van der Waals surface area contributed by atoms with Crippen LogP contribution in [0, 0.1) is 11.8 Å². The third-order valence-electron chi connectivity index (χ3n) is 5.87. The Bertz CT molecular complexity index is 674. The molecule has 0 spiro atoms. The van der Waals surface area contributed by atoms with E-state index in [0.29, 0.717) is 30.2 Å². The molecule has 0 unspecified atom stereocenters. The van der Waals surface area contributed by atoms with Crippen molar-refractivity contribution in [2.24, 2.45) is 11.8 Å². The van der Waals surface area contributed by atoms with Gasteiger partial charge in [-0.25, -0.2) is 0 Å². The zero-order chi connectivity index (χ0) is 18.6. The summed E-state index contributed by atoms with van der Waals surface area (Å²) in [4.78, 5) is 12.5. The SMILES string of the molecule is O=C(NC1CC1)C1=C[C@H](C2CCCC2)C[C@H](OCc2ccc(CO)cc2)O1. The van der Waals surface area contributed by atoms with Gasteiger partial charge in [0, 0.05) is 12.5 Å². The average molecular weight is 371 g/mol. The Hall–Kier alpha value is -1.85. The van der Waals surface area contributed by atoms with E-state index in [1.165, 1.54) is 25.7 Å². The molecule has 4 rings (SSSR count). The second kappa shape index (κ2) is 8.44. The number of ether oxygens (including phenoxy) is 2. The number of allylic oxidation sites excluding steroid dienone is 1. The fourth-order valence-corrected chi connectivity index (χ4v) is 4.07. The molecule has 1 amide bonds. The second-order valence-corrected chi connectivity index (χ2v) is 8.06. The Kier molecular flexibility index (Phi) is 5.79. The molecule has 0 aromatic heterocycles. The van der Waals surface area contributed by atoms with Crippen LogP contribution in [0.25, 0.3) is 0 Å². The van der Waals surface area contributed by atoms with E-state index < -0.39 is 6.29 Å². The van der Waals surface area contributed by atoms with E-state index in [-0.39, 0.29) is 12.5 Å². The van der Waals surface area contributed by atoms with Crippen LogP contribution in [0.5, 0.6) is 0 Å². The highest BCUT2D eigenvalue weighted by Crippen LogP contribution is 2.38. The molecule has 146 valence electrons. The van der Waals surface area contributed by atoms with Gasteiger partial charge in [0.25, 0.3) is 5.91 Å². The van der Waals surface area contributed by atoms with Crippen molar-refractivity contribution in [3.8, 4) is 0 Å². The first kappa shape index (κ1) is 18.5. The minimum Gasteiger partial charge on any atom is -0.459 e. The monoisotopic (exact) mass is 371 g/mol. The Morgan fingerprint density at radius 1 is 1.11 bits per heavy atom. The Balaban J connectivity index is 1.40. The van der Waals surface area contributed by atoms with E-state index in [1.54, 1.807) is 0 Å². The van der Waals surface area contributed by atoms with Crippen molar-refractivity contribution >= 4 is 5.91 Å². The number of hydrogen-bond acceptors (Lipinski definition) is 4. The highest BCUT2D eigenvalue weighted by molar-refractivity contribution is 5.92. The smallest absolute Gasteiger partial charge is 0.286 e. The molecule has 1 heterocycles. The molecule has 0 radical (unpaired) electrons. The van der Waals surface area contributed by atoms with Gasteiger partial charge in [0.1, 0.15) is 0 Å². The van der Waals surface area contributed by atoms with Gasteiger partial charge in [0.05, 0.1) is 13.2 Å². The van der Waals surface area contributed by atoms with E-state index in [9.17, 15) is 4.79 Å². The van der Waals surface area contributed by atoms with Crippen molar-refractivity contribution in [1.29, 1.82) is 0 Å². The van der Waals surface area contributed by atoms with Crippen LogP contribution < -0.4 is 5.32 Å². The highest BCUT2D eigenvalue weighted by Gasteiger charge is 2.34. The number of aliphatic hydroxyl groups is 1. The van der Waals surface area contributed by atoms with Crippen molar-refractivity contribution in [3.63, 3.8) is 0 Å². The zero-order valence-electron chi connectivity index (χ0n) is 15.7. The number of benzene rings is 1. The highest BCUT2D eigenvalue weighted by atomic mass is 16.7. The molecule has 27 heavy (non-hydrogen) atoms. The molecule has 0 bridgehead atoms. The van der Waals surface area contributed by atoms with Crippen molar-refractivity contribution in [1.82, 2.24) is 5.32 Å². The van der Waals surface area contributed by atoms with Crippen LogP contribution >= 0.6 is 0 Å². The van der Waals surface area contributed by atoms with E-state index >= 15 is 0 Å². The maximum absolute atomic E-state index is 12.5. The van der Waals surface area contributed by atoms with Gasteiger partial charge >= 0.3 is 0 Å². The zero-order valence-corrected chi connectivity index (χ0v) is 15.7. The van der Waals surface area contributed by atoms with Gasteiger partial charge in [-0.3, -0.25) is 4.79 Å². The molecule has 2 fully saturated rings. The topological polar surface area (TPSA) is 67.8 Å². The molecule has 0 saturated heterocycles. The van der Waals surface area contributed by atoms with Gasteiger partial charge in [0.2, 0.25) is 6.29 Å². The lowest BCUT2D eigenvalue weighted by Gasteiger charge is -2.32. The number of amides is 1. The fourth-order valence-electron chi connectivity index (χ4n) is 4.07. The first-order chi connectivity index (χ1) is 13.2. The molecular formula is C22H29NO4. The van der Waals surface area contributed by atoms with Crippen LogP contribution in [0.15, 0.2) is 36.1 Å². The summed E-state index contributed by atoms with van der Waals surface area (Å²) in [6.45, 7) is 0.478. The van der Waals surface area contributed by atoms with Crippen molar-refractivity contribution in [3.05, 3.63) is 47.2 Å². The molecule has 3 aliphatic rings. The minimum atomic E-state index is -0.391. The van der Waals surface area contributed by atoms with Crippen molar-refractivity contribution in [2.75, 3.05) is 0 Å². The van der Waals surface area contributed by atoms with Crippen LogP contribution in [0.2, 0.25) is 0 Å². The molecule has 2 N–H and O–H groups in total. The van der Waals surface area contributed by atoms with Gasteiger partial charge in [-0.2, -0.15) is 0 Å². The molecule has 2 aliphatic carbocycles. The molecule has 1 aromatic carbocycles. The standard InChI is InChI=1S/C22H29NO4/c24-13-15-5-7-16(8-6-15)14-26-21-12-18(17-3-1-2-4-17)11-20(27-21)22(25)23-19-9-10-19/h5-8,11,17-19,21,24H,1-4,9-10,12-14H2,(H,23,25)/t18-,21+/m0/s1. The summed E-state index contributed by atoms with van der Waals surface area (Å²) < 4.78 is 11.9. The summed E-state index contributed by atoms with van der Waals surface area (Å²) in [5.74, 6) is 1.32. The van der Waals surface area contributed by atoms with Crippen LogP contribution in [-0.4, -0.2) is 23.3 Å². The quantitative estimate of drug-likeness (QED) is 0.771. The third-order valence-corrected chi connectivity index (χ3v) is 5.87. The second-order valence-electron chi connectivity index (χ2n) is 8.06. The lowest BCUT2D eigenvalue weighted by atomic mass is 9.86. The fraction of sp³-hybridized carbons (Fsp3) is 0.591. The van der Waals surface area contributed by atoms with Crippen LogP contribution in [0.3, 0.4) is 0 Å². The Labute approximate surface area is 160 Å². The predicted octanol–water partition coefficient (Wildman–Crippen LogP) is 3.41. The molecule has 1 aromatic rings. The average Bonchev–Trinajstić information content (AvgIpc) is 3.34. The Morgan fingerprint density at radius 3 is 2.48 bits per heavy atom. The predicted molar refractivity (Wildman–Crippen MR) is 101 cm³/mol. The minimum absolute atomic E-state index is 0.0419. The summed E-state index contributed by atoms with van der Waals surface area (Å²) in [7, 11) is 0. The Morgan fingerprint density at radius 2 is 1.81 bits per heavy atom. The maximum atomic E-state index is 12.5. The summed E-state index contributed by atoms with van der Waals surface area (Å²) in [6, 6.07) is 8.03. The van der Waals surface area contributed by atoms with Crippen LogP contribution in [-0.2, 0) is 27.5 Å². The van der Waals surface area contributed by atoms with E-state index in [2.05, 4.69) is 5.32 Å². The lowest BCUT2D eigenvalue weighted by molar-refractivity contribution is -0.155. The molecule has 5 nitrogen and oxygen atoms in total. The number of rotatable bonds is 7. The number of carbonyl (C=O) groups is 1. The summed E-state index contributed by atoms with van der Waals surface area (Å²) in [5.41, 5.74) is 1.92. The molecule has 2 atom stereocenters. The van der Waals surface area contributed by atoms with Crippen molar-refractivity contribution in [2.45, 2.75) is 70.5 Å². The molecule has 2 saturated carbocycles. The first-order valence-electron chi connectivity index (χ1n) is 10.2. The molecule has 1 aliphatic heterocycles. The van der Waals surface area contributed by atoms with Gasteiger partial charge in [-0.1, -0.05) is 37.1 Å². The summed E-state index contributed by atoms with van der Waals surface area (Å²) in [6.07, 6.45) is 9.61. The van der Waals surface area contributed by atoms with Crippen LogP contribution in [0.1, 0.15) is 56.1 Å². The number of hydrogen-bond donors (Lipinski definition) is 2. The van der Waals surface area contributed by atoms with E-state index in [0.717, 1.165) is 30.4 Å². The third kappa shape index (κ3) is 4.90. The number of nitrogens with one attached hydrogen (secondary N) is 1. The van der Waals surface area contributed by atoms with Gasteiger partial charge < -0.3 is 19.9 Å². The maximum Gasteiger partial charge on any atom is 0.286 e.